The molecule has 0 aromatic heterocycles. The summed E-state index contributed by atoms with van der Waals surface area (Å²) in [6.07, 6.45) is 20.8. The molecule has 184 valence electrons. The van der Waals surface area contributed by atoms with Gasteiger partial charge in [-0.25, -0.2) is 0 Å². The lowest BCUT2D eigenvalue weighted by molar-refractivity contribution is 0.187. The topological polar surface area (TPSA) is 33.0 Å². The number of rotatable bonds is 13. The lowest BCUT2D eigenvalue weighted by atomic mass is 9.70. The predicted molar refractivity (Wildman–Crippen MR) is 139 cm³/mol. The van der Waals surface area contributed by atoms with Crippen molar-refractivity contribution >= 4 is 0 Å². The Morgan fingerprint density at radius 3 is 2.09 bits per heavy atom. The van der Waals surface area contributed by atoms with Gasteiger partial charge in [-0.3, -0.25) is 0 Å². The van der Waals surface area contributed by atoms with Crippen LogP contribution in [0.15, 0.2) is 24.3 Å². The Balaban J connectivity index is 1.37. The van der Waals surface area contributed by atoms with Gasteiger partial charge in [0.05, 0.1) is 12.7 Å². The first-order chi connectivity index (χ1) is 16.2. The maximum Gasteiger partial charge on any atom is 0.119 e. The van der Waals surface area contributed by atoms with E-state index in [0.717, 1.165) is 37.0 Å². The highest BCUT2D eigenvalue weighted by atomic mass is 16.5. The number of ether oxygens (including phenoxy) is 1. The van der Waals surface area contributed by atoms with E-state index in [0.29, 0.717) is 17.8 Å². The van der Waals surface area contributed by atoms with Gasteiger partial charge >= 0.3 is 0 Å². The van der Waals surface area contributed by atoms with Gasteiger partial charge in [-0.1, -0.05) is 77.3 Å². The molecular formula is C31H49NO. The van der Waals surface area contributed by atoms with E-state index in [1.54, 1.807) is 0 Å². The minimum Gasteiger partial charge on any atom is -0.494 e. The van der Waals surface area contributed by atoms with E-state index in [2.05, 4.69) is 44.2 Å². The smallest absolute Gasteiger partial charge is 0.119 e. The maximum atomic E-state index is 9.93. The van der Waals surface area contributed by atoms with Crippen LogP contribution in [0.25, 0.3) is 0 Å². The molecule has 0 saturated heterocycles. The summed E-state index contributed by atoms with van der Waals surface area (Å²) < 4.78 is 5.88. The van der Waals surface area contributed by atoms with Gasteiger partial charge in [0.25, 0.3) is 0 Å². The molecular weight excluding hydrogens is 402 g/mol. The van der Waals surface area contributed by atoms with E-state index < -0.39 is 0 Å². The highest BCUT2D eigenvalue weighted by Gasteiger charge is 2.31. The summed E-state index contributed by atoms with van der Waals surface area (Å²) >= 11 is 0. The Kier molecular flexibility index (Phi) is 11.6. The van der Waals surface area contributed by atoms with Crippen LogP contribution < -0.4 is 4.74 Å². The van der Waals surface area contributed by atoms with Gasteiger partial charge in [-0.05, 0) is 92.7 Å². The Morgan fingerprint density at radius 2 is 1.45 bits per heavy atom. The molecule has 2 nitrogen and oxygen atoms in total. The van der Waals surface area contributed by atoms with E-state index in [-0.39, 0.29) is 0 Å². The highest BCUT2D eigenvalue weighted by molar-refractivity contribution is 5.29. The van der Waals surface area contributed by atoms with E-state index in [4.69, 9.17) is 4.74 Å². The van der Waals surface area contributed by atoms with Crippen LogP contribution in [0.5, 0.6) is 5.75 Å². The molecule has 2 aliphatic carbocycles. The summed E-state index contributed by atoms with van der Waals surface area (Å²) in [5.41, 5.74) is 1.48. The SMILES string of the molecule is CCCCCOc1ccc(C2CCC(CC(C#N)C3CCC(CCCCC)CC3)CC2)cc1. The van der Waals surface area contributed by atoms with Crippen LogP contribution in [0.1, 0.15) is 128 Å². The first kappa shape index (κ1) is 26.1. The van der Waals surface area contributed by atoms with Crippen LogP contribution in [0.3, 0.4) is 0 Å². The zero-order valence-electron chi connectivity index (χ0n) is 21.6. The summed E-state index contributed by atoms with van der Waals surface area (Å²) in [5, 5.41) is 9.93. The zero-order valence-corrected chi connectivity index (χ0v) is 21.6. The lowest BCUT2D eigenvalue weighted by Crippen LogP contribution is -2.24. The predicted octanol–water partition coefficient (Wildman–Crippen LogP) is 9.45. The number of nitrogens with zero attached hydrogens (tertiary/aromatic N) is 1. The molecule has 2 fully saturated rings. The van der Waals surface area contributed by atoms with E-state index in [1.165, 1.54) is 95.5 Å². The zero-order chi connectivity index (χ0) is 23.3. The number of unbranched alkanes of at least 4 members (excludes halogenated alkanes) is 4. The normalized spacial score (nSPS) is 26.5. The molecule has 0 radical (unpaired) electrons. The molecule has 0 spiro atoms. The third kappa shape index (κ3) is 8.66. The third-order valence-electron chi connectivity index (χ3n) is 8.64. The second kappa shape index (κ2) is 14.7. The Hall–Kier alpha value is -1.49. The molecule has 0 N–H and O–H groups in total. The van der Waals surface area contributed by atoms with Gasteiger partial charge in [0.2, 0.25) is 0 Å². The van der Waals surface area contributed by atoms with Gasteiger partial charge in [-0.15, -0.1) is 0 Å². The number of nitriles is 1. The summed E-state index contributed by atoms with van der Waals surface area (Å²) in [7, 11) is 0. The number of benzene rings is 1. The fourth-order valence-electron chi connectivity index (χ4n) is 6.38. The highest BCUT2D eigenvalue weighted by Crippen LogP contribution is 2.42. The monoisotopic (exact) mass is 451 g/mol. The van der Waals surface area contributed by atoms with Crippen molar-refractivity contribution in [1.82, 2.24) is 0 Å². The molecule has 0 aliphatic heterocycles. The van der Waals surface area contributed by atoms with Crippen LogP contribution in [0.2, 0.25) is 0 Å². The molecule has 2 heteroatoms. The van der Waals surface area contributed by atoms with Gasteiger partial charge in [-0.2, -0.15) is 5.26 Å². The summed E-state index contributed by atoms with van der Waals surface area (Å²) in [4.78, 5) is 0. The Labute approximate surface area is 204 Å². The molecule has 1 aromatic rings. The molecule has 1 aromatic carbocycles. The van der Waals surface area contributed by atoms with Gasteiger partial charge in [0.1, 0.15) is 5.75 Å². The van der Waals surface area contributed by atoms with Crippen LogP contribution in [0.4, 0.5) is 0 Å². The van der Waals surface area contributed by atoms with E-state index >= 15 is 0 Å². The van der Waals surface area contributed by atoms with Crippen LogP contribution >= 0.6 is 0 Å². The van der Waals surface area contributed by atoms with Gasteiger partial charge in [0, 0.05) is 5.92 Å². The van der Waals surface area contributed by atoms with Crippen molar-refractivity contribution in [3.05, 3.63) is 29.8 Å². The summed E-state index contributed by atoms with van der Waals surface area (Å²) in [6, 6.07) is 11.7. The van der Waals surface area contributed by atoms with Gasteiger partial charge in [0.15, 0.2) is 0 Å². The minimum absolute atomic E-state index is 0.298. The number of hydrogen-bond acceptors (Lipinski definition) is 2. The van der Waals surface area contributed by atoms with Crippen molar-refractivity contribution in [2.45, 2.75) is 122 Å². The molecule has 0 bridgehead atoms. The quantitative estimate of drug-likeness (QED) is 0.280. The number of hydrogen-bond donors (Lipinski definition) is 0. The molecule has 0 heterocycles. The molecule has 0 amide bonds. The van der Waals surface area contributed by atoms with Gasteiger partial charge < -0.3 is 4.74 Å². The average molecular weight is 452 g/mol. The molecule has 33 heavy (non-hydrogen) atoms. The van der Waals surface area contributed by atoms with E-state index in [9.17, 15) is 5.26 Å². The molecule has 3 rings (SSSR count). The van der Waals surface area contributed by atoms with Crippen LogP contribution in [-0.4, -0.2) is 6.61 Å². The van der Waals surface area contributed by atoms with Crippen molar-refractivity contribution in [3.8, 4) is 11.8 Å². The van der Waals surface area contributed by atoms with Crippen molar-refractivity contribution < 1.29 is 4.74 Å². The Bertz CT molecular complexity index is 674. The first-order valence-corrected chi connectivity index (χ1v) is 14.4. The summed E-state index contributed by atoms with van der Waals surface area (Å²) in [6.45, 7) is 5.35. The maximum absolute atomic E-state index is 9.93. The first-order valence-electron chi connectivity index (χ1n) is 14.4. The second-order valence-electron chi connectivity index (χ2n) is 11.1. The fraction of sp³-hybridized carbons (Fsp3) is 0.774. The van der Waals surface area contributed by atoms with E-state index in [1.807, 2.05) is 0 Å². The van der Waals surface area contributed by atoms with Crippen LogP contribution in [-0.2, 0) is 0 Å². The fourth-order valence-corrected chi connectivity index (χ4v) is 6.38. The van der Waals surface area contributed by atoms with Crippen molar-refractivity contribution in [3.63, 3.8) is 0 Å². The minimum atomic E-state index is 0.298. The van der Waals surface area contributed by atoms with Crippen molar-refractivity contribution in [2.75, 3.05) is 6.61 Å². The average Bonchev–Trinajstić information content (AvgIpc) is 2.87. The standard InChI is InChI=1S/C31H49NO/c1-3-5-7-9-25-10-14-29(15-11-25)30(24-32)23-26-12-16-27(17-13-26)28-18-20-31(21-19-28)33-22-8-6-4-2/h18-21,25-27,29-30H,3-17,22-23H2,1-2H3. The molecule has 2 aliphatic rings. The lowest BCUT2D eigenvalue weighted by Gasteiger charge is -2.34. The molecule has 2 saturated carbocycles. The van der Waals surface area contributed by atoms with Crippen molar-refractivity contribution in [2.24, 2.45) is 23.7 Å². The molecule has 1 unspecified atom stereocenters. The van der Waals surface area contributed by atoms with Crippen LogP contribution in [0, 0.1) is 35.0 Å². The largest absolute Gasteiger partial charge is 0.494 e. The Morgan fingerprint density at radius 1 is 0.818 bits per heavy atom. The third-order valence-corrected chi connectivity index (χ3v) is 8.64. The second-order valence-corrected chi connectivity index (χ2v) is 11.1. The van der Waals surface area contributed by atoms with Crippen molar-refractivity contribution in [1.29, 1.82) is 5.26 Å². The summed E-state index contributed by atoms with van der Waals surface area (Å²) in [5.74, 6) is 4.37. The molecule has 1 atom stereocenters.